The second kappa shape index (κ2) is 21.0. The molecule has 1 saturated heterocycles. The lowest BCUT2D eigenvalue weighted by atomic mass is 9.92. The van der Waals surface area contributed by atoms with E-state index in [1.165, 1.54) is 11.8 Å². The van der Waals surface area contributed by atoms with Crippen molar-refractivity contribution in [1.82, 2.24) is 4.72 Å². The lowest BCUT2D eigenvalue weighted by molar-refractivity contribution is -0.205. The van der Waals surface area contributed by atoms with Crippen LogP contribution in [0.5, 0.6) is 0 Å². The molecule has 1 heterocycles. The summed E-state index contributed by atoms with van der Waals surface area (Å²) in [6, 6.07) is 24.4. The van der Waals surface area contributed by atoms with Crippen molar-refractivity contribution in [2.24, 2.45) is 5.92 Å². The molecule has 1 fully saturated rings. The van der Waals surface area contributed by atoms with Gasteiger partial charge in [-0.05, 0) is 81.7 Å². The van der Waals surface area contributed by atoms with E-state index in [2.05, 4.69) is 51.7 Å². The highest BCUT2D eigenvalue weighted by molar-refractivity contribution is 7.99. The molecule has 0 bridgehead atoms. The molecule has 0 aliphatic carbocycles. The van der Waals surface area contributed by atoms with Gasteiger partial charge in [-0.2, -0.15) is 0 Å². The fourth-order valence-corrected chi connectivity index (χ4v) is 8.86. The molecule has 4 rings (SSSR count). The van der Waals surface area contributed by atoms with Gasteiger partial charge in [0, 0.05) is 29.6 Å². The summed E-state index contributed by atoms with van der Waals surface area (Å²) in [6.07, 6.45) is -1.42. The first-order chi connectivity index (χ1) is 27.4. The zero-order valence-corrected chi connectivity index (χ0v) is 37.5. The summed E-state index contributed by atoms with van der Waals surface area (Å²) >= 11 is -0.271. The van der Waals surface area contributed by atoms with Gasteiger partial charge in [-0.15, -0.1) is 29.6 Å². The van der Waals surface area contributed by atoms with E-state index < -0.39 is 78.2 Å². The molecule has 3 aromatic rings. The van der Waals surface area contributed by atoms with Gasteiger partial charge in [0.2, 0.25) is 0 Å². The van der Waals surface area contributed by atoms with Gasteiger partial charge in [-0.1, -0.05) is 87.5 Å². The van der Waals surface area contributed by atoms with Gasteiger partial charge in [0.05, 0.1) is 22.7 Å². The fourth-order valence-electron chi connectivity index (χ4n) is 5.66. The minimum atomic E-state index is -2.12. The van der Waals surface area contributed by atoms with Crippen molar-refractivity contribution in [2.45, 2.75) is 107 Å². The molecule has 0 saturated carbocycles. The monoisotopic (exact) mass is 849 g/mol. The number of carbonyl (C=O) groups is 3. The number of hydrogen-bond donors (Lipinski definition) is 1. The third-order valence-electron chi connectivity index (χ3n) is 10.2. The van der Waals surface area contributed by atoms with E-state index >= 15 is 0 Å². The van der Waals surface area contributed by atoms with Crippen molar-refractivity contribution < 1.29 is 42.3 Å². The summed E-state index contributed by atoms with van der Waals surface area (Å²) in [4.78, 5) is 42.0. The van der Waals surface area contributed by atoms with Crippen LogP contribution < -0.4 is 4.72 Å². The van der Waals surface area contributed by atoms with Crippen molar-refractivity contribution >= 4 is 49.3 Å². The molecule has 0 spiro atoms. The molecule has 13 heteroatoms. The maximum atomic E-state index is 14.0. The van der Waals surface area contributed by atoms with Crippen LogP contribution in [0, 0.1) is 5.92 Å². The molecule has 0 aromatic heterocycles. The summed E-state index contributed by atoms with van der Waals surface area (Å²) in [7, 11) is -2.12. The van der Waals surface area contributed by atoms with Crippen LogP contribution in [0.25, 0.3) is 0 Å². The highest BCUT2D eigenvalue weighted by Gasteiger charge is 2.55. The van der Waals surface area contributed by atoms with Crippen molar-refractivity contribution in [3.05, 3.63) is 133 Å². The standard InChI is InChI=1S/C45H59NO9S2Si/c1-11-22-35(46-57(50)44(3,4)5)36-37(52-40(47)32-23-16-13-17-24-32)38(53-41(48)33-25-18-14-19-26-33)39(54-42(49)34-27-20-15-21-28-34)43(55-36)56-30-31(12-2)29-51-58(9,10)45(6,7)8/h11-21,23-28,31,35-39,43,46H,1-2,22,29-30H2,3-10H3/t31?,35-,36?,37?,38?,39?,43?,57-/m1/s1. The van der Waals surface area contributed by atoms with Crippen molar-refractivity contribution in [3.63, 3.8) is 0 Å². The van der Waals surface area contributed by atoms with Gasteiger partial charge in [0.1, 0.15) is 16.3 Å². The zero-order valence-electron chi connectivity index (χ0n) is 34.9. The molecule has 58 heavy (non-hydrogen) atoms. The van der Waals surface area contributed by atoms with Crippen molar-refractivity contribution in [3.8, 4) is 0 Å². The maximum absolute atomic E-state index is 14.0. The Kier molecular flexibility index (Phi) is 17.0. The second-order valence-electron chi connectivity index (χ2n) is 16.7. The molecule has 6 unspecified atom stereocenters. The number of benzene rings is 3. The highest BCUT2D eigenvalue weighted by atomic mass is 32.2. The van der Waals surface area contributed by atoms with E-state index in [1.54, 1.807) is 97.1 Å². The van der Waals surface area contributed by atoms with E-state index in [-0.39, 0.29) is 34.1 Å². The first-order valence-corrected chi connectivity index (χ1v) is 24.6. The molecule has 0 amide bonds. The first kappa shape index (κ1) is 47.0. The molecule has 10 nitrogen and oxygen atoms in total. The molecule has 1 N–H and O–H groups in total. The minimum absolute atomic E-state index is 0.00927. The molecule has 0 radical (unpaired) electrons. The van der Waals surface area contributed by atoms with Gasteiger partial charge in [-0.3, -0.25) is 0 Å². The Bertz CT molecular complexity index is 1800. The van der Waals surface area contributed by atoms with Gasteiger partial charge in [-0.25, -0.2) is 14.4 Å². The van der Waals surface area contributed by atoms with E-state index in [0.29, 0.717) is 12.4 Å². The Morgan fingerprint density at radius 3 is 1.66 bits per heavy atom. The van der Waals surface area contributed by atoms with Crippen LogP contribution in [0.15, 0.2) is 116 Å². The van der Waals surface area contributed by atoms with Crippen LogP contribution in [-0.2, 0) is 34.7 Å². The average molecular weight is 850 g/mol. The predicted molar refractivity (Wildman–Crippen MR) is 235 cm³/mol. The molecule has 1 aliphatic heterocycles. The predicted octanol–water partition coefficient (Wildman–Crippen LogP) is 8.94. The topological polar surface area (TPSA) is 132 Å². The molecule has 3 aromatic carbocycles. The van der Waals surface area contributed by atoms with Gasteiger partial charge in [0.15, 0.2) is 26.6 Å². The number of nitrogens with one attached hydrogen (secondary N) is 1. The second-order valence-corrected chi connectivity index (χ2v) is 24.6. The van der Waals surface area contributed by atoms with E-state index in [9.17, 15) is 18.9 Å². The third-order valence-corrected chi connectivity index (χ3v) is 17.7. The number of ether oxygens (including phenoxy) is 4. The summed E-state index contributed by atoms with van der Waals surface area (Å²) in [6.45, 7) is 24.9. The number of hydrogen-bond acceptors (Lipinski definition) is 11. The first-order valence-electron chi connectivity index (χ1n) is 19.5. The van der Waals surface area contributed by atoms with Crippen LogP contribution >= 0.6 is 11.8 Å². The number of thioether (sulfide) groups is 1. The quantitative estimate of drug-likeness (QED) is 0.0433. The van der Waals surface area contributed by atoms with Gasteiger partial charge >= 0.3 is 17.9 Å². The van der Waals surface area contributed by atoms with Crippen molar-refractivity contribution in [2.75, 3.05) is 12.4 Å². The molecular weight excluding hydrogens is 791 g/mol. The number of esters is 3. The SMILES string of the molecule is C=CC[C@@H](N[S@+]([O-])C(C)(C)C)C1OC(SCC(C=C)CO[Si](C)(C)C(C)(C)C)C(OC(=O)c2ccccc2)C(OC(=O)c2ccccc2)C1OC(=O)c1ccccc1. The zero-order chi connectivity index (χ0) is 42.7. The van der Waals surface area contributed by atoms with Crippen molar-refractivity contribution in [1.29, 1.82) is 0 Å². The highest BCUT2D eigenvalue weighted by Crippen LogP contribution is 2.40. The van der Waals surface area contributed by atoms with E-state index in [4.69, 9.17) is 23.4 Å². The van der Waals surface area contributed by atoms with E-state index in [1.807, 2.05) is 26.8 Å². The Balaban J connectivity index is 1.86. The lowest BCUT2D eigenvalue weighted by Gasteiger charge is -2.47. The Labute approximate surface area is 352 Å². The van der Waals surface area contributed by atoms with Crippen LogP contribution in [0.3, 0.4) is 0 Å². The van der Waals surface area contributed by atoms with Gasteiger partial charge < -0.3 is 27.9 Å². The summed E-state index contributed by atoms with van der Waals surface area (Å²) < 4.78 is 48.7. The number of rotatable bonds is 18. The fraction of sp³-hybridized carbons (Fsp3) is 0.444. The summed E-state index contributed by atoms with van der Waals surface area (Å²) in [5.74, 6) is -1.85. The van der Waals surface area contributed by atoms with Crippen LogP contribution in [0.4, 0.5) is 0 Å². The molecular formula is C45H59NO9S2Si. The maximum Gasteiger partial charge on any atom is 0.338 e. The summed E-state index contributed by atoms with van der Waals surface area (Å²) in [5, 5.41) is -0.00927. The molecule has 8 atom stereocenters. The minimum Gasteiger partial charge on any atom is -0.598 e. The largest absolute Gasteiger partial charge is 0.598 e. The van der Waals surface area contributed by atoms with Crippen LogP contribution in [-0.4, -0.2) is 83.8 Å². The van der Waals surface area contributed by atoms with Crippen LogP contribution in [0.2, 0.25) is 18.1 Å². The van der Waals surface area contributed by atoms with Crippen LogP contribution in [0.1, 0.15) is 79.0 Å². The molecule has 314 valence electrons. The average Bonchev–Trinajstić information content (AvgIpc) is 3.19. The van der Waals surface area contributed by atoms with Gasteiger partial charge in [0.25, 0.3) is 0 Å². The molecule has 1 aliphatic rings. The Hall–Kier alpha value is -3.69. The summed E-state index contributed by atoms with van der Waals surface area (Å²) in [5.41, 5.74) is -0.242. The Morgan fingerprint density at radius 1 is 0.793 bits per heavy atom. The normalized spacial score (nSPS) is 21.5. The third kappa shape index (κ3) is 12.9. The Morgan fingerprint density at radius 2 is 1.24 bits per heavy atom. The smallest absolute Gasteiger partial charge is 0.338 e. The number of carbonyl (C=O) groups excluding carboxylic acids is 3. The lowest BCUT2D eigenvalue weighted by Crippen LogP contribution is -2.66. The van der Waals surface area contributed by atoms with E-state index in [0.717, 1.165) is 0 Å².